The summed E-state index contributed by atoms with van der Waals surface area (Å²) in [6.07, 6.45) is 4.99. The predicted octanol–water partition coefficient (Wildman–Crippen LogP) is 4.73. The maximum atomic E-state index is 11.2. The van der Waals surface area contributed by atoms with Gasteiger partial charge in [0.1, 0.15) is 0 Å². The second-order valence-corrected chi connectivity index (χ2v) is 6.62. The highest BCUT2D eigenvalue weighted by Crippen LogP contribution is 2.24. The number of nitrogens with zero attached hydrogens (tertiary/aromatic N) is 1. The molecule has 26 heavy (non-hydrogen) atoms. The van der Waals surface area contributed by atoms with E-state index in [1.54, 1.807) is 0 Å². The number of piperidine rings is 1. The van der Waals surface area contributed by atoms with Crippen molar-refractivity contribution in [3.63, 3.8) is 0 Å². The van der Waals surface area contributed by atoms with Crippen LogP contribution in [0.3, 0.4) is 0 Å². The van der Waals surface area contributed by atoms with Gasteiger partial charge in [-0.2, -0.15) is 0 Å². The average Bonchev–Trinajstić information content (AvgIpc) is 2.67. The molecule has 0 saturated carbocycles. The first kappa shape index (κ1) is 20.2. The molecule has 0 aromatic heterocycles. The van der Waals surface area contributed by atoms with Gasteiger partial charge in [-0.05, 0) is 42.5 Å². The van der Waals surface area contributed by atoms with Gasteiger partial charge in [0.15, 0.2) is 0 Å². The third-order valence-electron chi connectivity index (χ3n) is 4.82. The van der Waals surface area contributed by atoms with Gasteiger partial charge >= 0.3 is 5.97 Å². The lowest BCUT2D eigenvalue weighted by Crippen LogP contribution is -2.39. The molecule has 0 radical (unpaired) electrons. The van der Waals surface area contributed by atoms with Crippen molar-refractivity contribution < 1.29 is 9.90 Å². The molecular weight excluding hydrogens is 346 g/mol. The van der Waals surface area contributed by atoms with Crippen LogP contribution in [0.2, 0.25) is 0 Å². The van der Waals surface area contributed by atoms with Crippen molar-refractivity contribution >= 4 is 23.9 Å². The number of hydrogen-bond donors (Lipinski definition) is 1. The van der Waals surface area contributed by atoms with Crippen LogP contribution in [0.1, 0.15) is 30.4 Å². The molecule has 1 saturated heterocycles. The van der Waals surface area contributed by atoms with E-state index < -0.39 is 5.97 Å². The Morgan fingerprint density at radius 2 is 1.62 bits per heavy atom. The Morgan fingerprint density at radius 3 is 2.15 bits per heavy atom. The second-order valence-electron chi connectivity index (χ2n) is 6.62. The third-order valence-corrected chi connectivity index (χ3v) is 4.82. The summed E-state index contributed by atoms with van der Waals surface area (Å²) in [7, 11) is 0. The van der Waals surface area contributed by atoms with E-state index >= 15 is 0 Å². The Kier molecular flexibility index (Phi) is 7.89. The van der Waals surface area contributed by atoms with Gasteiger partial charge in [-0.3, -0.25) is 4.79 Å². The summed E-state index contributed by atoms with van der Waals surface area (Å²) in [4.78, 5) is 13.5. The van der Waals surface area contributed by atoms with Crippen molar-refractivity contribution in [2.24, 2.45) is 5.92 Å². The number of halogens is 1. The number of benzene rings is 2. The normalized spacial score (nSPS) is 17.2. The molecule has 0 aliphatic carbocycles. The summed E-state index contributed by atoms with van der Waals surface area (Å²) in [6, 6.07) is 20.9. The summed E-state index contributed by atoms with van der Waals surface area (Å²) in [5, 5.41) is 9.23. The van der Waals surface area contributed by atoms with Crippen molar-refractivity contribution in [2.75, 3.05) is 19.6 Å². The van der Waals surface area contributed by atoms with Gasteiger partial charge in [0, 0.05) is 13.1 Å². The van der Waals surface area contributed by atoms with E-state index in [1.165, 1.54) is 16.7 Å². The molecule has 3 rings (SSSR count). The van der Waals surface area contributed by atoms with Crippen molar-refractivity contribution in [3.8, 4) is 0 Å². The van der Waals surface area contributed by atoms with E-state index in [2.05, 4.69) is 59.5 Å². The van der Waals surface area contributed by atoms with Gasteiger partial charge in [0.2, 0.25) is 0 Å². The molecule has 1 heterocycles. The van der Waals surface area contributed by atoms with Gasteiger partial charge in [-0.1, -0.05) is 66.7 Å². The topological polar surface area (TPSA) is 40.5 Å². The Labute approximate surface area is 161 Å². The van der Waals surface area contributed by atoms with Crippen LogP contribution in [0.4, 0.5) is 0 Å². The lowest BCUT2D eigenvalue weighted by molar-refractivity contribution is -0.143. The number of rotatable bonds is 6. The van der Waals surface area contributed by atoms with Crippen LogP contribution in [-0.2, 0) is 4.79 Å². The fourth-order valence-corrected chi connectivity index (χ4v) is 3.49. The number of likely N-dealkylation sites (tertiary alicyclic amines) is 1. The summed E-state index contributed by atoms with van der Waals surface area (Å²) < 4.78 is 0. The number of hydrogen-bond acceptors (Lipinski definition) is 2. The molecule has 1 aliphatic heterocycles. The molecule has 1 aliphatic rings. The van der Waals surface area contributed by atoms with E-state index in [4.69, 9.17) is 0 Å². The van der Waals surface area contributed by atoms with Crippen molar-refractivity contribution in [2.45, 2.75) is 19.3 Å². The predicted molar refractivity (Wildman–Crippen MR) is 109 cm³/mol. The van der Waals surface area contributed by atoms with E-state index in [1.807, 2.05) is 12.1 Å². The lowest BCUT2D eigenvalue weighted by atomic mass is 9.96. The smallest absolute Gasteiger partial charge is 0.307 e. The minimum atomic E-state index is -0.658. The highest BCUT2D eigenvalue weighted by atomic mass is 35.5. The van der Waals surface area contributed by atoms with E-state index in [9.17, 15) is 9.90 Å². The molecule has 0 amide bonds. The molecule has 1 atom stereocenters. The number of carbonyl (C=O) groups is 1. The first-order valence-electron chi connectivity index (χ1n) is 9.00. The fraction of sp³-hybridized carbons (Fsp3) is 0.318. The Morgan fingerprint density at radius 1 is 1.04 bits per heavy atom. The lowest BCUT2D eigenvalue weighted by Gasteiger charge is -2.30. The number of carboxylic acids is 1. The molecule has 1 fully saturated rings. The molecule has 138 valence electrons. The van der Waals surface area contributed by atoms with Gasteiger partial charge in [0.05, 0.1) is 5.92 Å². The minimum Gasteiger partial charge on any atom is -0.481 e. The number of aliphatic carboxylic acids is 1. The molecule has 3 nitrogen and oxygen atoms in total. The summed E-state index contributed by atoms with van der Waals surface area (Å²) in [5.74, 6) is -0.866. The highest BCUT2D eigenvalue weighted by molar-refractivity contribution is 5.85. The van der Waals surface area contributed by atoms with Crippen LogP contribution in [0, 0.1) is 5.92 Å². The highest BCUT2D eigenvalue weighted by Gasteiger charge is 2.24. The Balaban J connectivity index is 0.00000243. The molecule has 4 heteroatoms. The van der Waals surface area contributed by atoms with Crippen LogP contribution in [0.25, 0.3) is 5.57 Å². The van der Waals surface area contributed by atoms with Crippen LogP contribution in [0.15, 0.2) is 66.7 Å². The van der Waals surface area contributed by atoms with Gasteiger partial charge in [0.25, 0.3) is 0 Å². The van der Waals surface area contributed by atoms with E-state index in [-0.39, 0.29) is 18.3 Å². The van der Waals surface area contributed by atoms with Crippen molar-refractivity contribution in [3.05, 3.63) is 77.9 Å². The summed E-state index contributed by atoms with van der Waals surface area (Å²) in [5.41, 5.74) is 3.68. The first-order chi connectivity index (χ1) is 12.2. The van der Waals surface area contributed by atoms with Crippen molar-refractivity contribution in [1.82, 2.24) is 4.90 Å². The van der Waals surface area contributed by atoms with E-state index in [0.717, 1.165) is 32.4 Å². The largest absolute Gasteiger partial charge is 0.481 e. The molecule has 0 spiro atoms. The van der Waals surface area contributed by atoms with Gasteiger partial charge in [-0.25, -0.2) is 0 Å². The quantitative estimate of drug-likeness (QED) is 0.798. The maximum Gasteiger partial charge on any atom is 0.307 e. The average molecular weight is 372 g/mol. The van der Waals surface area contributed by atoms with Crippen molar-refractivity contribution in [1.29, 1.82) is 0 Å². The summed E-state index contributed by atoms with van der Waals surface area (Å²) >= 11 is 0. The Hall–Kier alpha value is -2.10. The first-order valence-corrected chi connectivity index (χ1v) is 9.00. The van der Waals surface area contributed by atoms with E-state index in [0.29, 0.717) is 6.54 Å². The maximum absolute atomic E-state index is 11.2. The van der Waals surface area contributed by atoms with Gasteiger partial charge in [-0.15, -0.1) is 12.4 Å². The standard InChI is InChI=1S/C22H25NO2.ClH/c24-22(25)20-13-7-15-23(17-20)16-8-14-21(18-9-3-1-4-10-18)19-11-5-2-6-12-19;/h1-6,9-12,14,20H,7-8,13,15-17H2,(H,24,25);1H. The third kappa shape index (κ3) is 5.45. The minimum absolute atomic E-state index is 0. The monoisotopic (exact) mass is 371 g/mol. The van der Waals surface area contributed by atoms with Crippen LogP contribution in [-0.4, -0.2) is 35.6 Å². The summed E-state index contributed by atoms with van der Waals surface area (Å²) in [6.45, 7) is 2.59. The fourth-order valence-electron chi connectivity index (χ4n) is 3.49. The number of carboxylic acid groups (broad SMARTS) is 1. The molecular formula is C22H26ClNO2. The molecule has 2 aromatic carbocycles. The van der Waals surface area contributed by atoms with Gasteiger partial charge < -0.3 is 10.0 Å². The molecule has 1 N–H and O–H groups in total. The molecule has 0 bridgehead atoms. The molecule has 2 aromatic rings. The zero-order valence-corrected chi connectivity index (χ0v) is 15.7. The van der Waals surface area contributed by atoms with Crippen LogP contribution >= 0.6 is 12.4 Å². The van der Waals surface area contributed by atoms with Crippen LogP contribution < -0.4 is 0 Å². The van der Waals surface area contributed by atoms with Crippen LogP contribution in [0.5, 0.6) is 0 Å². The zero-order valence-electron chi connectivity index (χ0n) is 14.9. The zero-order chi connectivity index (χ0) is 17.5. The Bertz CT molecular complexity index is 674. The molecule has 1 unspecified atom stereocenters. The SMILES string of the molecule is Cl.O=C(O)C1CCCN(CCC=C(c2ccccc2)c2ccccc2)C1. The second kappa shape index (κ2) is 10.1.